The first-order valence-corrected chi connectivity index (χ1v) is 12.6. The number of ketones is 1. The molecule has 202 valence electrons. The molecule has 2 aromatic rings. The number of nitrogens with one attached hydrogen (secondary N) is 2. The van der Waals surface area contributed by atoms with Crippen LogP contribution >= 0.6 is 23.2 Å². The first-order chi connectivity index (χ1) is 19.0. The first kappa shape index (κ1) is 26.9. The molecule has 4 N–H and O–H groups in total. The molecular weight excluding hydrogens is 561 g/mol. The Morgan fingerprint density at radius 3 is 2.55 bits per heavy atom. The van der Waals surface area contributed by atoms with E-state index in [4.69, 9.17) is 28.3 Å². The molecule has 40 heavy (non-hydrogen) atoms. The monoisotopic (exact) mass is 579 g/mol. The highest BCUT2D eigenvalue weighted by atomic mass is 35.5. The predicted molar refractivity (Wildman–Crippen MR) is 147 cm³/mol. The second kappa shape index (κ2) is 10.1. The van der Waals surface area contributed by atoms with Gasteiger partial charge in [0.05, 0.1) is 22.3 Å². The minimum absolute atomic E-state index is 0.0189. The van der Waals surface area contributed by atoms with E-state index in [1.165, 1.54) is 29.2 Å². The number of Topliss-reactive ketones (excluding diaryl/α,β-unsaturated/α-hetero) is 1. The van der Waals surface area contributed by atoms with Crippen molar-refractivity contribution < 1.29 is 34.2 Å². The fourth-order valence-corrected chi connectivity index (χ4v) is 5.30. The Balaban J connectivity index is 1.65. The van der Waals surface area contributed by atoms with Gasteiger partial charge >= 0.3 is 5.97 Å². The van der Waals surface area contributed by atoms with E-state index in [9.17, 15) is 29.1 Å². The number of fused-ring (bicyclic) bond motifs is 2. The average molecular weight is 580 g/mol. The summed E-state index contributed by atoms with van der Waals surface area (Å²) in [5.41, 5.74) is -1.37. The number of benzene rings is 2. The van der Waals surface area contributed by atoms with E-state index in [1.54, 1.807) is 36.4 Å². The molecule has 12 heteroatoms. The summed E-state index contributed by atoms with van der Waals surface area (Å²) in [7, 11) is 0. The topological polar surface area (TPSA) is 153 Å². The van der Waals surface area contributed by atoms with Gasteiger partial charge in [-0.05, 0) is 42.8 Å². The Morgan fingerprint density at radius 2 is 1.82 bits per heavy atom. The molecule has 1 aliphatic carbocycles. The van der Waals surface area contributed by atoms with Crippen molar-refractivity contribution in [1.29, 1.82) is 0 Å². The summed E-state index contributed by atoms with van der Waals surface area (Å²) >= 11 is 12.6. The predicted octanol–water partition coefficient (Wildman–Crippen LogP) is 3.49. The summed E-state index contributed by atoms with van der Waals surface area (Å²) in [5, 5.41) is 25.0. The highest BCUT2D eigenvalue weighted by molar-refractivity contribution is 6.51. The SMILES string of the molecule is O=C(O)/C=C/C(=O)Nc1cccc(C(O)=C2C(=O)C(=O)NC23C(=O)N(c2cccc(Cl)c2)C2=CC(Cl)CC=C23)c1. The number of halogens is 2. The minimum atomic E-state index is -2.05. The molecule has 3 aliphatic rings. The van der Waals surface area contributed by atoms with Gasteiger partial charge in [-0.25, -0.2) is 4.79 Å². The first-order valence-electron chi connectivity index (χ1n) is 11.8. The summed E-state index contributed by atoms with van der Waals surface area (Å²) in [6.07, 6.45) is 5.04. The Bertz CT molecular complexity index is 1640. The number of allylic oxidation sites excluding steroid dienone is 2. The van der Waals surface area contributed by atoms with Crippen LogP contribution in [0.5, 0.6) is 0 Å². The Labute approximate surface area is 236 Å². The number of hydrogen-bond donors (Lipinski definition) is 4. The maximum Gasteiger partial charge on any atom is 0.328 e. The number of aliphatic hydroxyl groups is 1. The summed E-state index contributed by atoms with van der Waals surface area (Å²) in [5.74, 6) is -5.63. The van der Waals surface area contributed by atoms with E-state index >= 15 is 0 Å². The van der Waals surface area contributed by atoms with Crippen LogP contribution in [0.1, 0.15) is 12.0 Å². The molecule has 0 radical (unpaired) electrons. The number of carboxylic acids is 1. The molecular formula is C28H19Cl2N3O7. The number of aliphatic carboxylic acids is 1. The lowest BCUT2D eigenvalue weighted by molar-refractivity contribution is -0.134. The van der Waals surface area contributed by atoms with Gasteiger partial charge in [0.15, 0.2) is 5.54 Å². The second-order valence-electron chi connectivity index (χ2n) is 9.04. The van der Waals surface area contributed by atoms with Gasteiger partial charge in [-0.3, -0.25) is 24.1 Å². The summed E-state index contributed by atoms with van der Waals surface area (Å²) in [4.78, 5) is 64.3. The van der Waals surface area contributed by atoms with E-state index in [0.29, 0.717) is 28.9 Å². The molecule has 2 saturated heterocycles. The van der Waals surface area contributed by atoms with Crippen molar-refractivity contribution in [2.24, 2.45) is 0 Å². The number of nitrogens with zero attached hydrogens (tertiary/aromatic N) is 1. The van der Waals surface area contributed by atoms with Crippen molar-refractivity contribution in [3.63, 3.8) is 0 Å². The molecule has 2 atom stereocenters. The Hall–Kier alpha value is -4.67. The fourth-order valence-electron chi connectivity index (χ4n) is 4.91. The number of alkyl halides is 1. The van der Waals surface area contributed by atoms with Crippen molar-refractivity contribution in [2.45, 2.75) is 17.3 Å². The Morgan fingerprint density at radius 1 is 1.07 bits per heavy atom. The summed E-state index contributed by atoms with van der Waals surface area (Å²) < 4.78 is 0. The molecule has 5 rings (SSSR count). The molecule has 2 unspecified atom stereocenters. The van der Waals surface area contributed by atoms with Crippen molar-refractivity contribution in [3.8, 4) is 0 Å². The number of carbonyl (C=O) groups is 5. The van der Waals surface area contributed by atoms with Crippen LogP contribution in [0.2, 0.25) is 5.02 Å². The van der Waals surface area contributed by atoms with Gasteiger partial charge in [-0.1, -0.05) is 35.9 Å². The van der Waals surface area contributed by atoms with Crippen LogP contribution in [0, 0.1) is 0 Å². The van der Waals surface area contributed by atoms with Crippen LogP contribution in [-0.4, -0.2) is 50.6 Å². The van der Waals surface area contributed by atoms with Crippen LogP contribution in [0.4, 0.5) is 11.4 Å². The van der Waals surface area contributed by atoms with Gasteiger partial charge in [-0.2, -0.15) is 0 Å². The molecule has 1 spiro atoms. The number of carbonyl (C=O) groups excluding carboxylic acids is 4. The van der Waals surface area contributed by atoms with E-state index in [2.05, 4.69) is 10.6 Å². The van der Waals surface area contributed by atoms with Crippen molar-refractivity contribution in [3.05, 3.63) is 100 Å². The van der Waals surface area contributed by atoms with E-state index in [0.717, 1.165) is 6.08 Å². The molecule has 3 amide bonds. The molecule has 10 nitrogen and oxygen atoms in total. The molecule has 0 aromatic heterocycles. The summed E-state index contributed by atoms with van der Waals surface area (Å²) in [6.45, 7) is 0. The van der Waals surface area contributed by atoms with Crippen LogP contribution in [0.15, 0.2) is 89.7 Å². The quantitative estimate of drug-likeness (QED) is 0.183. The van der Waals surface area contributed by atoms with Crippen molar-refractivity contribution >= 4 is 69.8 Å². The van der Waals surface area contributed by atoms with Gasteiger partial charge in [0.25, 0.3) is 17.6 Å². The van der Waals surface area contributed by atoms with Gasteiger partial charge < -0.3 is 20.8 Å². The molecule has 2 fully saturated rings. The van der Waals surface area contributed by atoms with E-state index in [1.807, 2.05) is 0 Å². The van der Waals surface area contributed by atoms with Crippen LogP contribution in [0.25, 0.3) is 5.76 Å². The number of amides is 3. The zero-order valence-corrected chi connectivity index (χ0v) is 21.9. The third-order valence-electron chi connectivity index (χ3n) is 6.52. The standard InChI is InChI=1S/C28H19Cl2N3O7/c29-15-4-2-6-18(12-15)33-20-13-16(30)7-8-19(20)28(27(33)40)23(25(38)26(39)32-28)24(37)14-3-1-5-17(11-14)31-21(34)9-10-22(35)36/h1-6,8-13,16,37H,7H2,(H,31,34)(H,32,39)(H,35,36)/b10-9+,24-23?. The molecule has 2 heterocycles. The highest BCUT2D eigenvalue weighted by Gasteiger charge is 2.65. The van der Waals surface area contributed by atoms with E-state index < -0.39 is 51.7 Å². The average Bonchev–Trinajstić information content (AvgIpc) is 3.31. The zero-order chi connectivity index (χ0) is 28.8. The number of rotatable bonds is 5. The lowest BCUT2D eigenvalue weighted by Crippen LogP contribution is -2.51. The number of anilines is 2. The van der Waals surface area contributed by atoms with Gasteiger partial charge in [0.1, 0.15) is 5.76 Å². The van der Waals surface area contributed by atoms with Crippen LogP contribution < -0.4 is 15.5 Å². The molecule has 0 saturated carbocycles. The number of aliphatic hydroxyl groups excluding tert-OH is 1. The van der Waals surface area contributed by atoms with Gasteiger partial charge in [0, 0.05) is 34.0 Å². The maximum atomic E-state index is 14.2. The largest absolute Gasteiger partial charge is 0.507 e. The lowest BCUT2D eigenvalue weighted by Gasteiger charge is -2.25. The Kier molecular flexibility index (Phi) is 6.82. The van der Waals surface area contributed by atoms with Gasteiger partial charge in [0.2, 0.25) is 5.91 Å². The lowest BCUT2D eigenvalue weighted by atomic mass is 9.80. The maximum absolute atomic E-state index is 14.2. The van der Waals surface area contributed by atoms with Crippen molar-refractivity contribution in [2.75, 3.05) is 10.2 Å². The molecule has 2 aromatic carbocycles. The molecule has 2 aliphatic heterocycles. The smallest absolute Gasteiger partial charge is 0.328 e. The van der Waals surface area contributed by atoms with Gasteiger partial charge in [-0.15, -0.1) is 11.6 Å². The van der Waals surface area contributed by atoms with Crippen molar-refractivity contribution in [1.82, 2.24) is 5.32 Å². The third-order valence-corrected chi connectivity index (χ3v) is 7.06. The second-order valence-corrected chi connectivity index (χ2v) is 10.0. The number of hydrogen-bond acceptors (Lipinski definition) is 6. The zero-order valence-electron chi connectivity index (χ0n) is 20.4. The number of carboxylic acid groups (broad SMARTS) is 1. The highest BCUT2D eigenvalue weighted by Crippen LogP contribution is 2.50. The molecule has 0 bridgehead atoms. The fraction of sp³-hybridized carbons (Fsp3) is 0.107. The third kappa shape index (κ3) is 4.47. The van der Waals surface area contributed by atoms with E-state index in [-0.39, 0.29) is 16.8 Å². The normalized spacial score (nSPS) is 23.2. The van der Waals surface area contributed by atoms with Crippen LogP contribution in [-0.2, 0) is 24.0 Å². The summed E-state index contributed by atoms with van der Waals surface area (Å²) in [6, 6.07) is 12.1. The van der Waals surface area contributed by atoms with Crippen LogP contribution in [0.3, 0.4) is 0 Å². The minimum Gasteiger partial charge on any atom is -0.507 e.